The van der Waals surface area contributed by atoms with Crippen LogP contribution in [0, 0.1) is 22.7 Å². The van der Waals surface area contributed by atoms with E-state index < -0.39 is 0 Å². The SMILES string of the molecule is CNC(=O)c1cn(CC(=O)Nc2sc3c(c2C#N)CCC(C(C)(C)C)C3)cn1. The van der Waals surface area contributed by atoms with Crippen molar-refractivity contribution in [3.8, 4) is 6.07 Å². The molecule has 1 aliphatic carbocycles. The molecule has 8 heteroatoms. The summed E-state index contributed by atoms with van der Waals surface area (Å²) < 4.78 is 1.55. The molecule has 0 fully saturated rings. The maximum Gasteiger partial charge on any atom is 0.271 e. The molecule has 0 spiro atoms. The lowest BCUT2D eigenvalue weighted by Crippen LogP contribution is -2.26. The van der Waals surface area contributed by atoms with Crippen LogP contribution in [0.2, 0.25) is 0 Å². The first-order valence-corrected chi connectivity index (χ1v) is 10.1. The normalized spacial score (nSPS) is 16.2. The third kappa shape index (κ3) is 4.09. The number of aromatic nitrogens is 2. The minimum Gasteiger partial charge on any atom is -0.354 e. The van der Waals surface area contributed by atoms with Crippen molar-refractivity contribution in [1.29, 1.82) is 5.26 Å². The van der Waals surface area contributed by atoms with Crippen LogP contribution in [0.4, 0.5) is 5.00 Å². The predicted molar refractivity (Wildman–Crippen MR) is 108 cm³/mol. The molecule has 3 rings (SSSR count). The Morgan fingerprint density at radius 1 is 1.43 bits per heavy atom. The molecule has 0 radical (unpaired) electrons. The summed E-state index contributed by atoms with van der Waals surface area (Å²) in [6, 6.07) is 2.28. The van der Waals surface area contributed by atoms with E-state index in [9.17, 15) is 14.9 Å². The van der Waals surface area contributed by atoms with E-state index in [4.69, 9.17) is 0 Å². The van der Waals surface area contributed by atoms with E-state index in [1.807, 2.05) is 0 Å². The van der Waals surface area contributed by atoms with Gasteiger partial charge in [-0.15, -0.1) is 11.3 Å². The monoisotopic (exact) mass is 399 g/mol. The Balaban J connectivity index is 1.73. The molecule has 0 saturated heterocycles. The number of rotatable bonds is 4. The average Bonchev–Trinajstić information content (AvgIpc) is 3.23. The van der Waals surface area contributed by atoms with E-state index in [1.165, 1.54) is 35.8 Å². The zero-order chi connectivity index (χ0) is 20.5. The van der Waals surface area contributed by atoms with Gasteiger partial charge in [-0.25, -0.2) is 4.98 Å². The first-order valence-electron chi connectivity index (χ1n) is 9.31. The highest BCUT2D eigenvalue weighted by molar-refractivity contribution is 7.16. The van der Waals surface area contributed by atoms with Gasteiger partial charge in [0.15, 0.2) is 0 Å². The Labute approximate surface area is 168 Å². The quantitative estimate of drug-likeness (QED) is 0.825. The second kappa shape index (κ2) is 7.76. The third-order valence-corrected chi connectivity index (χ3v) is 6.44. The Morgan fingerprint density at radius 2 is 2.18 bits per heavy atom. The number of nitrogens with one attached hydrogen (secondary N) is 2. The van der Waals surface area contributed by atoms with Gasteiger partial charge in [-0.3, -0.25) is 9.59 Å². The van der Waals surface area contributed by atoms with Crippen LogP contribution in [0.3, 0.4) is 0 Å². The van der Waals surface area contributed by atoms with Crippen molar-refractivity contribution in [3.63, 3.8) is 0 Å². The first kappa shape index (κ1) is 20.1. The number of carbonyl (C=O) groups excluding carboxylic acids is 2. The van der Waals surface area contributed by atoms with Crippen LogP contribution in [-0.2, 0) is 24.2 Å². The number of hydrogen-bond donors (Lipinski definition) is 2. The Bertz CT molecular complexity index is 945. The van der Waals surface area contributed by atoms with Crippen molar-refractivity contribution >= 4 is 28.2 Å². The number of thiophene rings is 1. The number of anilines is 1. The number of nitriles is 1. The van der Waals surface area contributed by atoms with Crippen molar-refractivity contribution in [3.05, 3.63) is 34.2 Å². The second-order valence-electron chi connectivity index (χ2n) is 8.18. The van der Waals surface area contributed by atoms with E-state index in [1.54, 1.807) is 4.57 Å². The molecule has 1 atom stereocenters. The highest BCUT2D eigenvalue weighted by Gasteiger charge is 2.32. The van der Waals surface area contributed by atoms with Crippen LogP contribution in [0.15, 0.2) is 12.5 Å². The van der Waals surface area contributed by atoms with Crippen molar-refractivity contribution in [1.82, 2.24) is 14.9 Å². The number of carbonyl (C=O) groups is 2. The van der Waals surface area contributed by atoms with Gasteiger partial charge in [0.1, 0.15) is 23.3 Å². The summed E-state index contributed by atoms with van der Waals surface area (Å²) in [6.45, 7) is 6.79. The smallest absolute Gasteiger partial charge is 0.271 e. The summed E-state index contributed by atoms with van der Waals surface area (Å²) in [7, 11) is 1.53. The molecule has 7 nitrogen and oxygen atoms in total. The number of fused-ring (bicyclic) bond motifs is 1. The molecule has 2 aromatic rings. The molecule has 0 aromatic carbocycles. The molecule has 0 bridgehead atoms. The van der Waals surface area contributed by atoms with Crippen molar-refractivity contribution in [2.75, 3.05) is 12.4 Å². The van der Waals surface area contributed by atoms with Gasteiger partial charge in [0, 0.05) is 18.1 Å². The van der Waals surface area contributed by atoms with Crippen molar-refractivity contribution < 1.29 is 9.59 Å². The van der Waals surface area contributed by atoms with Crippen LogP contribution in [0.5, 0.6) is 0 Å². The van der Waals surface area contributed by atoms with Gasteiger partial charge in [0.25, 0.3) is 5.91 Å². The van der Waals surface area contributed by atoms with Crippen molar-refractivity contribution in [2.24, 2.45) is 11.3 Å². The van der Waals surface area contributed by atoms with Gasteiger partial charge in [0.05, 0.1) is 11.9 Å². The number of nitrogens with zero attached hydrogens (tertiary/aromatic N) is 3. The number of hydrogen-bond acceptors (Lipinski definition) is 5. The zero-order valence-corrected chi connectivity index (χ0v) is 17.4. The Kier molecular flexibility index (Phi) is 5.57. The topological polar surface area (TPSA) is 99.8 Å². The lowest BCUT2D eigenvalue weighted by molar-refractivity contribution is -0.116. The van der Waals surface area contributed by atoms with Gasteiger partial charge in [-0.05, 0) is 36.2 Å². The highest BCUT2D eigenvalue weighted by atomic mass is 32.1. The number of amides is 2. The fourth-order valence-electron chi connectivity index (χ4n) is 3.56. The van der Waals surface area contributed by atoms with Crippen LogP contribution in [0.25, 0.3) is 0 Å². The third-order valence-electron chi connectivity index (χ3n) is 5.27. The van der Waals surface area contributed by atoms with Crippen LogP contribution < -0.4 is 10.6 Å². The Hall–Kier alpha value is -2.66. The highest BCUT2D eigenvalue weighted by Crippen LogP contribution is 2.43. The summed E-state index contributed by atoms with van der Waals surface area (Å²) in [6.07, 6.45) is 5.86. The van der Waals surface area contributed by atoms with Gasteiger partial charge in [0.2, 0.25) is 5.91 Å². The van der Waals surface area contributed by atoms with E-state index in [-0.39, 0.29) is 29.5 Å². The van der Waals surface area contributed by atoms with E-state index in [2.05, 4.69) is 42.5 Å². The van der Waals surface area contributed by atoms with Gasteiger partial charge in [-0.2, -0.15) is 5.26 Å². The first-order chi connectivity index (χ1) is 13.2. The molecule has 148 valence electrons. The molecule has 2 aromatic heterocycles. The average molecular weight is 400 g/mol. The van der Waals surface area contributed by atoms with Crippen LogP contribution in [-0.4, -0.2) is 28.4 Å². The lowest BCUT2D eigenvalue weighted by Gasteiger charge is -2.33. The molecule has 2 amide bonds. The fourth-order valence-corrected chi connectivity index (χ4v) is 4.85. The molecule has 0 saturated carbocycles. The maximum absolute atomic E-state index is 12.5. The molecule has 2 heterocycles. The summed E-state index contributed by atoms with van der Waals surface area (Å²) in [5.41, 5.74) is 2.17. The van der Waals surface area contributed by atoms with E-state index in [0.29, 0.717) is 16.5 Å². The largest absolute Gasteiger partial charge is 0.354 e. The molecule has 2 N–H and O–H groups in total. The van der Waals surface area contributed by atoms with Gasteiger partial charge < -0.3 is 15.2 Å². The van der Waals surface area contributed by atoms with Crippen LogP contribution >= 0.6 is 11.3 Å². The second-order valence-corrected chi connectivity index (χ2v) is 9.29. The molecule has 28 heavy (non-hydrogen) atoms. The zero-order valence-electron chi connectivity index (χ0n) is 16.6. The van der Waals surface area contributed by atoms with Crippen LogP contribution in [0.1, 0.15) is 53.7 Å². The van der Waals surface area contributed by atoms with E-state index in [0.717, 1.165) is 24.8 Å². The van der Waals surface area contributed by atoms with Crippen molar-refractivity contribution in [2.45, 2.75) is 46.6 Å². The molecule has 0 aliphatic heterocycles. The molecule has 1 aliphatic rings. The molecule has 1 unspecified atom stereocenters. The lowest BCUT2D eigenvalue weighted by atomic mass is 9.72. The summed E-state index contributed by atoms with van der Waals surface area (Å²) in [5.74, 6) is 0.0245. The fraction of sp³-hybridized carbons (Fsp3) is 0.500. The number of imidazole rings is 1. The predicted octanol–water partition coefficient (Wildman–Crippen LogP) is 2.97. The summed E-state index contributed by atoms with van der Waals surface area (Å²) in [5, 5.41) is 15.6. The van der Waals surface area contributed by atoms with E-state index >= 15 is 0 Å². The Morgan fingerprint density at radius 3 is 2.82 bits per heavy atom. The standard InChI is InChI=1S/C20H25N5O2S/c1-20(2,3)12-5-6-13-14(8-21)19(28-16(13)7-12)24-17(26)10-25-9-15(23-11-25)18(27)22-4/h9,11-12H,5-7,10H2,1-4H3,(H,22,27)(H,24,26). The summed E-state index contributed by atoms with van der Waals surface area (Å²) >= 11 is 1.52. The molecular weight excluding hydrogens is 374 g/mol. The minimum absolute atomic E-state index is 0.0298. The van der Waals surface area contributed by atoms with Gasteiger partial charge in [-0.1, -0.05) is 20.8 Å². The van der Waals surface area contributed by atoms with Gasteiger partial charge >= 0.3 is 0 Å². The summed E-state index contributed by atoms with van der Waals surface area (Å²) in [4.78, 5) is 29.2. The molecular formula is C20H25N5O2S. The maximum atomic E-state index is 12.5. The minimum atomic E-state index is -0.301.